The van der Waals surface area contributed by atoms with Gasteiger partial charge in [-0.3, -0.25) is 0 Å². The number of hydrogen-bond acceptors (Lipinski definition) is 0. The summed E-state index contributed by atoms with van der Waals surface area (Å²) >= 11 is 0. The molecule has 0 saturated carbocycles. The van der Waals surface area contributed by atoms with Crippen molar-refractivity contribution in [1.82, 2.24) is 0 Å². The molecule has 7 heavy (non-hydrogen) atoms. The van der Waals surface area contributed by atoms with Crippen molar-refractivity contribution >= 4 is 0 Å². The smallest absolute Gasteiger partial charge is 0.0297 e. The summed E-state index contributed by atoms with van der Waals surface area (Å²) in [5, 5.41) is 0. The van der Waals surface area contributed by atoms with Gasteiger partial charge in [-0.1, -0.05) is 27.7 Å². The summed E-state index contributed by atoms with van der Waals surface area (Å²) in [5.74, 6) is 3.00. The van der Waals surface area contributed by atoms with E-state index < -0.39 is 0 Å². The number of hydrogen-bond donors (Lipinski definition) is 0. The molecule has 0 aliphatic rings. The molecule has 0 aliphatic heterocycles. The van der Waals surface area contributed by atoms with Gasteiger partial charge in [-0.15, -0.1) is 0 Å². The first-order valence-corrected chi connectivity index (χ1v) is 2.71. The molecule has 0 spiro atoms. The van der Waals surface area contributed by atoms with Crippen LogP contribution in [0, 0.1) is 11.8 Å². The molecule has 0 heteroatoms. The molecule has 0 unspecified atom stereocenters. The molecule has 0 amide bonds. The third-order valence-corrected chi connectivity index (χ3v) is 0.707. The Morgan fingerprint density at radius 1 is 0.857 bits per heavy atom. The standard InChI is InChI=1S/C7H14/c1-6(2)5-7(3)4/h5H2,1-4H3. The Balaban J connectivity index is 2.95. The lowest BCUT2D eigenvalue weighted by Crippen LogP contribution is -1.89. The Morgan fingerprint density at radius 3 is 1.14 bits per heavy atom. The molecule has 0 heterocycles. The van der Waals surface area contributed by atoms with Crippen molar-refractivity contribution in [3.63, 3.8) is 0 Å². The van der Waals surface area contributed by atoms with Gasteiger partial charge in [0.1, 0.15) is 0 Å². The average molecular weight is 98.2 g/mol. The van der Waals surface area contributed by atoms with Gasteiger partial charge in [-0.2, -0.15) is 0 Å². The van der Waals surface area contributed by atoms with Crippen molar-refractivity contribution in [3.05, 3.63) is 11.8 Å². The van der Waals surface area contributed by atoms with Crippen LogP contribution >= 0.6 is 0 Å². The summed E-state index contributed by atoms with van der Waals surface area (Å²) in [6, 6.07) is 0. The normalized spacial score (nSPS) is 11.1. The van der Waals surface area contributed by atoms with Crippen LogP contribution in [0.25, 0.3) is 0 Å². The van der Waals surface area contributed by atoms with Crippen LogP contribution in [-0.2, 0) is 0 Å². The van der Waals surface area contributed by atoms with Gasteiger partial charge in [0.25, 0.3) is 0 Å². The maximum atomic E-state index is 2.16. The minimum Gasteiger partial charge on any atom is -0.0594 e. The second kappa shape index (κ2) is 3.06. The van der Waals surface area contributed by atoms with E-state index in [0.29, 0.717) is 0 Å². The van der Waals surface area contributed by atoms with E-state index in [0.717, 1.165) is 0 Å². The highest BCUT2D eigenvalue weighted by Crippen LogP contribution is 2.12. The Kier molecular flexibility index (Phi) is 3.06. The fraction of sp³-hybridized carbons (Fsp3) is 0.714. The second-order valence-electron chi connectivity index (χ2n) is 2.59. The van der Waals surface area contributed by atoms with Gasteiger partial charge in [0.15, 0.2) is 0 Å². The van der Waals surface area contributed by atoms with Crippen LogP contribution in [0.1, 0.15) is 34.1 Å². The van der Waals surface area contributed by atoms with Crippen molar-refractivity contribution in [2.75, 3.05) is 0 Å². The zero-order valence-corrected chi connectivity index (χ0v) is 5.71. The third-order valence-electron chi connectivity index (χ3n) is 0.707. The molecule has 0 bridgehead atoms. The monoisotopic (exact) mass is 98.1 g/mol. The van der Waals surface area contributed by atoms with Crippen LogP contribution in [0.3, 0.4) is 0 Å². The molecular weight excluding hydrogens is 84.1 g/mol. The topological polar surface area (TPSA) is 0 Å². The Labute approximate surface area is 46.9 Å². The van der Waals surface area contributed by atoms with E-state index in [9.17, 15) is 0 Å². The first-order valence-electron chi connectivity index (χ1n) is 2.71. The first kappa shape index (κ1) is 7.00. The molecule has 0 aromatic carbocycles. The minimum absolute atomic E-state index is 1.19. The van der Waals surface area contributed by atoms with E-state index in [1.807, 2.05) is 0 Å². The maximum absolute atomic E-state index is 2.16. The van der Waals surface area contributed by atoms with Crippen molar-refractivity contribution in [2.45, 2.75) is 34.1 Å². The summed E-state index contributed by atoms with van der Waals surface area (Å²) < 4.78 is 0. The van der Waals surface area contributed by atoms with Crippen LogP contribution in [0.2, 0.25) is 0 Å². The van der Waals surface area contributed by atoms with Gasteiger partial charge in [0, 0.05) is 0 Å². The van der Waals surface area contributed by atoms with Crippen LogP contribution < -0.4 is 0 Å². The van der Waals surface area contributed by atoms with Gasteiger partial charge in [-0.05, 0) is 18.3 Å². The van der Waals surface area contributed by atoms with E-state index >= 15 is 0 Å². The molecule has 0 saturated heterocycles. The van der Waals surface area contributed by atoms with Gasteiger partial charge >= 0.3 is 0 Å². The largest absolute Gasteiger partial charge is 0.0594 e. The number of rotatable bonds is 2. The molecule has 0 atom stereocenters. The van der Waals surface area contributed by atoms with Crippen LogP contribution in [-0.4, -0.2) is 0 Å². The summed E-state index contributed by atoms with van der Waals surface area (Å²) in [4.78, 5) is 0. The highest BCUT2D eigenvalue weighted by molar-refractivity contribution is 4.91. The molecular formula is C7H14. The summed E-state index contributed by atoms with van der Waals surface area (Å²) in [7, 11) is 0. The van der Waals surface area contributed by atoms with Crippen molar-refractivity contribution < 1.29 is 0 Å². The zero-order chi connectivity index (χ0) is 5.86. The highest BCUT2D eigenvalue weighted by Gasteiger charge is 1.96. The molecule has 0 rings (SSSR count). The molecule has 2 radical (unpaired) electrons. The van der Waals surface area contributed by atoms with E-state index in [1.165, 1.54) is 18.3 Å². The van der Waals surface area contributed by atoms with Crippen LogP contribution in [0.15, 0.2) is 0 Å². The summed E-state index contributed by atoms with van der Waals surface area (Å²) in [6.45, 7) is 8.64. The predicted molar refractivity (Wildman–Crippen MR) is 33.8 cm³/mol. The van der Waals surface area contributed by atoms with Crippen LogP contribution in [0.5, 0.6) is 0 Å². The summed E-state index contributed by atoms with van der Waals surface area (Å²) in [5.41, 5.74) is 0. The third kappa shape index (κ3) is 6.00. The first-order chi connectivity index (χ1) is 3.13. The van der Waals surface area contributed by atoms with E-state index in [4.69, 9.17) is 0 Å². The lowest BCUT2D eigenvalue weighted by Gasteiger charge is -2.04. The Morgan fingerprint density at radius 2 is 1.14 bits per heavy atom. The minimum atomic E-state index is 1.19. The van der Waals surface area contributed by atoms with E-state index in [2.05, 4.69) is 27.7 Å². The van der Waals surface area contributed by atoms with E-state index in [1.54, 1.807) is 0 Å². The predicted octanol–water partition coefficient (Wildman–Crippen LogP) is 2.61. The van der Waals surface area contributed by atoms with E-state index in [-0.39, 0.29) is 0 Å². The molecule has 0 aromatic rings. The van der Waals surface area contributed by atoms with Gasteiger partial charge in [0.05, 0.1) is 0 Å². The Bertz CT molecular complexity index is 29.3. The molecule has 0 nitrogen and oxygen atoms in total. The Hall–Kier alpha value is 0. The van der Waals surface area contributed by atoms with Crippen LogP contribution in [0.4, 0.5) is 0 Å². The average Bonchev–Trinajstić information content (AvgIpc) is 1.27. The van der Waals surface area contributed by atoms with Crippen molar-refractivity contribution in [2.24, 2.45) is 0 Å². The van der Waals surface area contributed by atoms with Gasteiger partial charge in [0.2, 0.25) is 0 Å². The summed E-state index contributed by atoms with van der Waals surface area (Å²) in [6.07, 6.45) is 1.19. The highest BCUT2D eigenvalue weighted by atomic mass is 14.0. The quantitative estimate of drug-likeness (QED) is 0.498. The lowest BCUT2D eigenvalue weighted by atomic mass is 10.0. The van der Waals surface area contributed by atoms with Crippen molar-refractivity contribution in [3.8, 4) is 0 Å². The molecule has 0 fully saturated rings. The van der Waals surface area contributed by atoms with Crippen molar-refractivity contribution in [1.29, 1.82) is 0 Å². The molecule has 0 N–H and O–H groups in total. The molecule has 42 valence electrons. The van der Waals surface area contributed by atoms with Gasteiger partial charge in [-0.25, -0.2) is 0 Å². The molecule has 0 aliphatic carbocycles. The maximum Gasteiger partial charge on any atom is -0.0297 e. The van der Waals surface area contributed by atoms with Gasteiger partial charge < -0.3 is 0 Å². The SMILES string of the molecule is C[C](C)C[C](C)C. The lowest BCUT2D eigenvalue weighted by molar-refractivity contribution is 0.841. The fourth-order valence-corrected chi connectivity index (χ4v) is 0.707. The second-order valence-corrected chi connectivity index (χ2v) is 2.59. The fourth-order valence-electron chi connectivity index (χ4n) is 0.707. The zero-order valence-electron chi connectivity index (χ0n) is 5.71. The molecule has 0 aromatic heterocycles.